The number of thioether (sulfide) groups is 1. The number of halogens is 1. The van der Waals surface area contributed by atoms with Gasteiger partial charge in [-0.15, -0.1) is 10.2 Å². The minimum Gasteiger partial charge on any atom is -0.482 e. The van der Waals surface area contributed by atoms with Crippen LogP contribution in [0.3, 0.4) is 0 Å². The number of ether oxygens (including phenoxy) is 2. The number of hydrogen-bond donors (Lipinski definition) is 0. The zero-order valence-electron chi connectivity index (χ0n) is 13.4. The Hall–Kier alpha value is -1.73. The van der Waals surface area contributed by atoms with Gasteiger partial charge in [-0.3, -0.25) is 4.79 Å². The first-order valence-electron chi connectivity index (χ1n) is 6.94. The maximum atomic E-state index is 11.2. The Kier molecular flexibility index (Phi) is 5.90. The third-order valence-electron chi connectivity index (χ3n) is 3.22. The molecule has 1 aromatic heterocycles. The molecule has 0 aliphatic carbocycles. The number of nitrogens with zero attached hydrogens (tertiary/aromatic N) is 3. The molecule has 2 rings (SSSR count). The maximum Gasteiger partial charge on any atom is 0.316 e. The Morgan fingerprint density at radius 1 is 1.43 bits per heavy atom. The topological polar surface area (TPSA) is 66.2 Å². The summed E-state index contributed by atoms with van der Waals surface area (Å²) < 4.78 is 12.4. The predicted octanol–water partition coefficient (Wildman–Crippen LogP) is 3.18. The molecule has 0 saturated heterocycles. The first kappa shape index (κ1) is 17.6. The molecule has 2 aromatic rings. The Morgan fingerprint density at radius 3 is 2.83 bits per heavy atom. The van der Waals surface area contributed by atoms with Crippen molar-refractivity contribution < 1.29 is 14.3 Å². The van der Waals surface area contributed by atoms with Crippen LogP contribution in [-0.2, 0) is 16.6 Å². The van der Waals surface area contributed by atoms with Gasteiger partial charge in [-0.05, 0) is 37.6 Å². The lowest BCUT2D eigenvalue weighted by Gasteiger charge is -2.16. The van der Waals surface area contributed by atoms with E-state index in [1.165, 1.54) is 18.9 Å². The normalized spacial score (nSPS) is 12.0. The van der Waals surface area contributed by atoms with E-state index in [1.807, 2.05) is 37.6 Å². The number of esters is 1. The van der Waals surface area contributed by atoms with Crippen LogP contribution < -0.4 is 4.74 Å². The summed E-state index contributed by atoms with van der Waals surface area (Å²) in [6.45, 7) is 3.83. The third-order valence-corrected chi connectivity index (χ3v) is 4.45. The first-order chi connectivity index (χ1) is 10.9. The van der Waals surface area contributed by atoms with Gasteiger partial charge in [0.1, 0.15) is 5.75 Å². The summed E-state index contributed by atoms with van der Waals surface area (Å²) in [4.78, 5) is 11.2. The molecular formula is C15H18ClN3O3S. The van der Waals surface area contributed by atoms with Crippen molar-refractivity contribution in [2.24, 2.45) is 7.05 Å². The summed E-state index contributed by atoms with van der Waals surface area (Å²) >= 11 is 7.22. The van der Waals surface area contributed by atoms with Gasteiger partial charge in [-0.1, -0.05) is 23.4 Å². The molecule has 1 atom stereocenters. The van der Waals surface area contributed by atoms with E-state index in [4.69, 9.17) is 16.3 Å². The van der Waals surface area contributed by atoms with E-state index in [2.05, 4.69) is 14.9 Å². The van der Waals surface area contributed by atoms with Gasteiger partial charge in [0.25, 0.3) is 0 Å². The SMILES string of the molecule is COC(=O)CSc1nnc(C(C)Oc2ccc(Cl)cc2C)n1C. The third kappa shape index (κ3) is 4.39. The summed E-state index contributed by atoms with van der Waals surface area (Å²) in [6.07, 6.45) is -0.292. The average Bonchev–Trinajstić information content (AvgIpc) is 2.88. The molecular weight excluding hydrogens is 338 g/mol. The Balaban J connectivity index is 2.09. The highest BCUT2D eigenvalue weighted by molar-refractivity contribution is 7.99. The second-order valence-corrected chi connectivity index (χ2v) is 6.31. The molecule has 0 aliphatic heterocycles. The van der Waals surface area contributed by atoms with Crippen LogP contribution >= 0.6 is 23.4 Å². The van der Waals surface area contributed by atoms with Crippen molar-refractivity contribution in [3.63, 3.8) is 0 Å². The fourth-order valence-corrected chi connectivity index (χ4v) is 2.95. The molecule has 0 radical (unpaired) electrons. The van der Waals surface area contributed by atoms with Gasteiger partial charge in [0.15, 0.2) is 17.1 Å². The zero-order chi connectivity index (χ0) is 17.0. The Bertz CT molecular complexity index is 705. The van der Waals surface area contributed by atoms with E-state index in [1.54, 1.807) is 6.07 Å². The van der Waals surface area contributed by atoms with E-state index in [-0.39, 0.29) is 17.8 Å². The fourth-order valence-electron chi connectivity index (χ4n) is 1.98. The van der Waals surface area contributed by atoms with Crippen molar-refractivity contribution >= 4 is 29.3 Å². The van der Waals surface area contributed by atoms with Gasteiger partial charge in [-0.25, -0.2) is 0 Å². The molecule has 8 heteroatoms. The predicted molar refractivity (Wildman–Crippen MR) is 89.0 cm³/mol. The molecule has 0 saturated carbocycles. The second kappa shape index (κ2) is 7.70. The fraction of sp³-hybridized carbons (Fsp3) is 0.400. The maximum absolute atomic E-state index is 11.2. The van der Waals surface area contributed by atoms with Crippen molar-refractivity contribution in [3.8, 4) is 5.75 Å². The minimum atomic E-state index is -0.305. The molecule has 6 nitrogen and oxygen atoms in total. The van der Waals surface area contributed by atoms with E-state index < -0.39 is 0 Å². The number of hydrogen-bond acceptors (Lipinski definition) is 6. The molecule has 0 bridgehead atoms. The summed E-state index contributed by atoms with van der Waals surface area (Å²) in [6, 6.07) is 5.46. The monoisotopic (exact) mass is 355 g/mol. The number of methoxy groups -OCH3 is 1. The highest BCUT2D eigenvalue weighted by Crippen LogP contribution is 2.27. The van der Waals surface area contributed by atoms with Gasteiger partial charge < -0.3 is 14.0 Å². The van der Waals surface area contributed by atoms with Crippen molar-refractivity contribution in [2.75, 3.05) is 12.9 Å². The van der Waals surface area contributed by atoms with Crippen molar-refractivity contribution in [1.29, 1.82) is 0 Å². The van der Waals surface area contributed by atoms with Gasteiger partial charge in [-0.2, -0.15) is 0 Å². The number of carbonyl (C=O) groups excluding carboxylic acids is 1. The van der Waals surface area contributed by atoms with E-state index in [0.717, 1.165) is 11.3 Å². The highest BCUT2D eigenvalue weighted by Gasteiger charge is 2.18. The van der Waals surface area contributed by atoms with Crippen molar-refractivity contribution in [2.45, 2.75) is 25.1 Å². The quantitative estimate of drug-likeness (QED) is 0.585. The van der Waals surface area contributed by atoms with Crippen molar-refractivity contribution in [1.82, 2.24) is 14.8 Å². The van der Waals surface area contributed by atoms with Crippen LogP contribution in [0.1, 0.15) is 24.4 Å². The summed E-state index contributed by atoms with van der Waals surface area (Å²) in [5.41, 5.74) is 0.951. The standard InChI is InChI=1S/C15H18ClN3O3S/c1-9-7-11(16)5-6-12(9)22-10(2)14-17-18-15(19(14)3)23-8-13(20)21-4/h5-7,10H,8H2,1-4H3. The van der Waals surface area contributed by atoms with Crippen LogP contribution in [0.2, 0.25) is 5.02 Å². The smallest absolute Gasteiger partial charge is 0.316 e. The lowest BCUT2D eigenvalue weighted by molar-refractivity contribution is -0.137. The van der Waals surface area contributed by atoms with Crippen molar-refractivity contribution in [3.05, 3.63) is 34.6 Å². The summed E-state index contributed by atoms with van der Waals surface area (Å²) in [5, 5.41) is 9.54. The van der Waals surface area contributed by atoms with Crippen LogP contribution in [0, 0.1) is 6.92 Å². The van der Waals surface area contributed by atoms with E-state index in [0.29, 0.717) is 16.0 Å². The van der Waals surface area contributed by atoms with Gasteiger partial charge in [0.05, 0.1) is 12.9 Å². The lowest BCUT2D eigenvalue weighted by atomic mass is 10.2. The molecule has 1 aromatic carbocycles. The number of carbonyl (C=O) groups is 1. The second-order valence-electron chi connectivity index (χ2n) is 4.93. The lowest BCUT2D eigenvalue weighted by Crippen LogP contribution is -2.11. The van der Waals surface area contributed by atoms with Crippen LogP contribution in [0.4, 0.5) is 0 Å². The molecule has 0 N–H and O–H groups in total. The molecule has 0 amide bonds. The summed E-state index contributed by atoms with van der Waals surface area (Å²) in [7, 11) is 3.19. The Labute approximate surface area is 144 Å². The molecule has 1 heterocycles. The van der Waals surface area contributed by atoms with E-state index in [9.17, 15) is 4.79 Å². The van der Waals surface area contributed by atoms with Gasteiger partial charge >= 0.3 is 5.97 Å². The molecule has 1 unspecified atom stereocenters. The number of rotatable bonds is 6. The number of aryl methyl sites for hydroxylation is 1. The molecule has 23 heavy (non-hydrogen) atoms. The molecule has 124 valence electrons. The first-order valence-corrected chi connectivity index (χ1v) is 8.30. The highest BCUT2D eigenvalue weighted by atomic mass is 35.5. The van der Waals surface area contributed by atoms with Crippen LogP contribution in [0.5, 0.6) is 5.75 Å². The molecule has 0 fully saturated rings. The van der Waals surface area contributed by atoms with E-state index >= 15 is 0 Å². The Morgan fingerprint density at radius 2 is 2.17 bits per heavy atom. The summed E-state index contributed by atoms with van der Waals surface area (Å²) in [5.74, 6) is 1.30. The van der Waals surface area contributed by atoms with Crippen LogP contribution in [-0.4, -0.2) is 33.6 Å². The number of benzene rings is 1. The largest absolute Gasteiger partial charge is 0.482 e. The zero-order valence-corrected chi connectivity index (χ0v) is 14.9. The van der Waals surface area contributed by atoms with Gasteiger partial charge in [0, 0.05) is 12.1 Å². The van der Waals surface area contributed by atoms with Gasteiger partial charge in [0.2, 0.25) is 0 Å². The number of aromatic nitrogens is 3. The van der Waals surface area contributed by atoms with Crippen LogP contribution in [0.15, 0.2) is 23.4 Å². The molecule has 0 spiro atoms. The van der Waals surface area contributed by atoms with Crippen LogP contribution in [0.25, 0.3) is 0 Å². The molecule has 0 aliphatic rings. The average molecular weight is 356 g/mol. The minimum absolute atomic E-state index is 0.188.